The molecule has 2 N–H and O–H groups in total. The Morgan fingerprint density at radius 3 is 2.76 bits per heavy atom. The number of alkyl halides is 2. The number of ether oxygens (including phenoxy) is 2. The van der Waals surface area contributed by atoms with Crippen molar-refractivity contribution in [2.24, 2.45) is 5.92 Å². The van der Waals surface area contributed by atoms with E-state index in [9.17, 15) is 13.6 Å². The van der Waals surface area contributed by atoms with Crippen LogP contribution in [0.1, 0.15) is 5.56 Å². The van der Waals surface area contributed by atoms with Crippen LogP contribution >= 0.6 is 0 Å². The summed E-state index contributed by atoms with van der Waals surface area (Å²) in [6, 6.07) is 4.83. The van der Waals surface area contributed by atoms with Crippen molar-refractivity contribution in [1.29, 1.82) is 0 Å². The molecule has 2 rings (SSSR count). The number of halogens is 2. The fraction of sp³-hybridized carbons (Fsp3) is 0.500. The monoisotopic (exact) mass is 300 g/mol. The quantitative estimate of drug-likeness (QED) is 0.794. The van der Waals surface area contributed by atoms with Crippen LogP contribution in [-0.2, 0) is 11.2 Å². The summed E-state index contributed by atoms with van der Waals surface area (Å²) in [5, 5.41) is 5.85. The van der Waals surface area contributed by atoms with Crippen molar-refractivity contribution in [3.05, 3.63) is 23.8 Å². The Labute approximate surface area is 121 Å². The molecular weight excluding hydrogens is 282 g/mol. The van der Waals surface area contributed by atoms with Gasteiger partial charge < -0.3 is 20.1 Å². The van der Waals surface area contributed by atoms with Gasteiger partial charge in [0.2, 0.25) is 5.91 Å². The third kappa shape index (κ3) is 4.29. The molecule has 5 nitrogen and oxygen atoms in total. The van der Waals surface area contributed by atoms with E-state index in [0.717, 1.165) is 5.56 Å². The largest absolute Gasteiger partial charge is 0.493 e. The number of rotatable bonds is 7. The molecule has 116 valence electrons. The van der Waals surface area contributed by atoms with Crippen LogP contribution in [0.4, 0.5) is 8.78 Å². The minimum absolute atomic E-state index is 0.000445. The zero-order chi connectivity index (χ0) is 15.2. The van der Waals surface area contributed by atoms with E-state index in [-0.39, 0.29) is 23.3 Å². The summed E-state index contributed by atoms with van der Waals surface area (Å²) in [4.78, 5) is 11.6. The van der Waals surface area contributed by atoms with Crippen molar-refractivity contribution in [2.75, 3.05) is 26.7 Å². The zero-order valence-corrected chi connectivity index (χ0v) is 11.7. The molecule has 1 aliphatic heterocycles. The number of methoxy groups -OCH3 is 1. The fourth-order valence-corrected chi connectivity index (χ4v) is 2.01. The Kier molecular flexibility index (Phi) is 5.32. The number of amides is 1. The maximum atomic E-state index is 12.3. The molecule has 0 aromatic heterocycles. The molecule has 0 aliphatic carbocycles. The molecule has 0 spiro atoms. The maximum absolute atomic E-state index is 12.3. The van der Waals surface area contributed by atoms with Crippen molar-refractivity contribution in [3.8, 4) is 11.5 Å². The molecule has 1 saturated heterocycles. The lowest BCUT2D eigenvalue weighted by Crippen LogP contribution is -2.51. The Morgan fingerprint density at radius 1 is 1.43 bits per heavy atom. The Bertz CT molecular complexity index is 493. The molecule has 0 atom stereocenters. The summed E-state index contributed by atoms with van der Waals surface area (Å²) in [6.07, 6.45) is 0.537. The predicted octanol–water partition coefficient (Wildman–Crippen LogP) is 1.17. The van der Waals surface area contributed by atoms with E-state index in [4.69, 9.17) is 4.74 Å². The normalized spacial score (nSPS) is 14.7. The van der Waals surface area contributed by atoms with Crippen LogP contribution < -0.4 is 20.1 Å². The van der Waals surface area contributed by atoms with Crippen LogP contribution in [0.3, 0.4) is 0 Å². The standard InChI is InChI=1S/C14H18F2N2O3/c1-20-11-3-2-9(6-12(11)21-14(15)16)4-5-18-13(19)10-7-17-8-10/h2-3,6,10,14,17H,4-5,7-8H2,1H3,(H,18,19). The van der Waals surface area contributed by atoms with Gasteiger partial charge in [0.15, 0.2) is 11.5 Å². The number of benzene rings is 1. The van der Waals surface area contributed by atoms with Gasteiger partial charge in [0.05, 0.1) is 13.0 Å². The minimum atomic E-state index is -2.90. The van der Waals surface area contributed by atoms with Gasteiger partial charge in [0, 0.05) is 19.6 Å². The average Bonchev–Trinajstić information content (AvgIpc) is 2.36. The molecule has 1 amide bonds. The second-order valence-electron chi connectivity index (χ2n) is 4.76. The molecular formula is C14H18F2N2O3. The van der Waals surface area contributed by atoms with Gasteiger partial charge in [-0.2, -0.15) is 8.78 Å². The first-order chi connectivity index (χ1) is 10.1. The first-order valence-corrected chi connectivity index (χ1v) is 6.70. The fourth-order valence-electron chi connectivity index (χ4n) is 2.01. The topological polar surface area (TPSA) is 59.6 Å². The molecule has 0 radical (unpaired) electrons. The van der Waals surface area contributed by atoms with Crippen molar-refractivity contribution in [1.82, 2.24) is 10.6 Å². The van der Waals surface area contributed by atoms with Gasteiger partial charge in [-0.1, -0.05) is 6.07 Å². The van der Waals surface area contributed by atoms with Gasteiger partial charge >= 0.3 is 6.61 Å². The van der Waals surface area contributed by atoms with Gasteiger partial charge in [-0.05, 0) is 24.1 Å². The highest BCUT2D eigenvalue weighted by atomic mass is 19.3. The molecule has 1 fully saturated rings. The Balaban J connectivity index is 1.88. The van der Waals surface area contributed by atoms with E-state index >= 15 is 0 Å². The first kappa shape index (κ1) is 15.5. The number of hydrogen-bond acceptors (Lipinski definition) is 4. The van der Waals surface area contributed by atoms with E-state index in [1.165, 1.54) is 13.2 Å². The first-order valence-electron chi connectivity index (χ1n) is 6.70. The van der Waals surface area contributed by atoms with Crippen molar-refractivity contribution < 1.29 is 23.0 Å². The van der Waals surface area contributed by atoms with Crippen LogP contribution in [0.25, 0.3) is 0 Å². The van der Waals surface area contributed by atoms with E-state index in [1.807, 2.05) is 0 Å². The van der Waals surface area contributed by atoms with Crippen molar-refractivity contribution in [3.63, 3.8) is 0 Å². The van der Waals surface area contributed by atoms with Gasteiger partial charge in [0.1, 0.15) is 0 Å². The SMILES string of the molecule is COc1ccc(CCNC(=O)C2CNC2)cc1OC(F)F. The van der Waals surface area contributed by atoms with Crippen LogP contribution in [0.15, 0.2) is 18.2 Å². The van der Waals surface area contributed by atoms with Crippen molar-refractivity contribution in [2.45, 2.75) is 13.0 Å². The highest BCUT2D eigenvalue weighted by molar-refractivity contribution is 5.79. The molecule has 7 heteroatoms. The number of carbonyl (C=O) groups excluding carboxylic acids is 1. The molecule has 1 aliphatic rings. The predicted molar refractivity (Wildman–Crippen MR) is 72.7 cm³/mol. The van der Waals surface area contributed by atoms with Crippen LogP contribution in [0.2, 0.25) is 0 Å². The van der Waals surface area contributed by atoms with Crippen LogP contribution in [-0.4, -0.2) is 39.3 Å². The van der Waals surface area contributed by atoms with E-state index in [0.29, 0.717) is 26.1 Å². The summed E-state index contributed by atoms with van der Waals surface area (Å²) >= 11 is 0. The summed E-state index contributed by atoms with van der Waals surface area (Å²) in [5.74, 6) is 0.313. The minimum Gasteiger partial charge on any atom is -0.493 e. The third-order valence-corrected chi connectivity index (χ3v) is 3.31. The number of hydrogen-bond donors (Lipinski definition) is 2. The number of carbonyl (C=O) groups is 1. The lowest BCUT2D eigenvalue weighted by Gasteiger charge is -2.25. The molecule has 0 saturated carbocycles. The molecule has 1 heterocycles. The molecule has 1 aromatic carbocycles. The maximum Gasteiger partial charge on any atom is 0.387 e. The van der Waals surface area contributed by atoms with E-state index in [2.05, 4.69) is 15.4 Å². The van der Waals surface area contributed by atoms with Crippen molar-refractivity contribution >= 4 is 5.91 Å². The third-order valence-electron chi connectivity index (χ3n) is 3.31. The van der Waals surface area contributed by atoms with E-state index < -0.39 is 6.61 Å². The summed E-state index contributed by atoms with van der Waals surface area (Å²) in [7, 11) is 1.39. The molecule has 0 bridgehead atoms. The summed E-state index contributed by atoms with van der Waals surface area (Å²) in [6.45, 7) is -1.03. The molecule has 21 heavy (non-hydrogen) atoms. The zero-order valence-electron chi connectivity index (χ0n) is 11.7. The lowest BCUT2D eigenvalue weighted by atomic mass is 10.0. The van der Waals surface area contributed by atoms with Crippen LogP contribution in [0.5, 0.6) is 11.5 Å². The summed E-state index contributed by atoms with van der Waals surface area (Å²) in [5.41, 5.74) is 0.790. The van der Waals surface area contributed by atoms with Gasteiger partial charge in [-0.25, -0.2) is 0 Å². The molecule has 1 aromatic rings. The van der Waals surface area contributed by atoms with E-state index in [1.54, 1.807) is 12.1 Å². The molecule has 0 unspecified atom stereocenters. The Hall–Kier alpha value is -1.89. The summed E-state index contributed by atoms with van der Waals surface area (Å²) < 4.78 is 34.0. The van der Waals surface area contributed by atoms with Crippen LogP contribution in [0, 0.1) is 5.92 Å². The highest BCUT2D eigenvalue weighted by Gasteiger charge is 2.24. The average molecular weight is 300 g/mol. The highest BCUT2D eigenvalue weighted by Crippen LogP contribution is 2.29. The van der Waals surface area contributed by atoms with Gasteiger partial charge in [-0.3, -0.25) is 4.79 Å². The second kappa shape index (κ2) is 7.21. The second-order valence-corrected chi connectivity index (χ2v) is 4.76. The smallest absolute Gasteiger partial charge is 0.387 e. The lowest BCUT2D eigenvalue weighted by molar-refractivity contribution is -0.126. The van der Waals surface area contributed by atoms with Gasteiger partial charge in [0.25, 0.3) is 0 Å². The van der Waals surface area contributed by atoms with Gasteiger partial charge in [-0.15, -0.1) is 0 Å². The Morgan fingerprint density at radius 2 is 2.19 bits per heavy atom. The number of nitrogens with one attached hydrogen (secondary N) is 2.